The third-order valence-electron chi connectivity index (χ3n) is 6.40. The molecule has 1 nitrogen and oxygen atoms in total. The Labute approximate surface area is 238 Å². The summed E-state index contributed by atoms with van der Waals surface area (Å²) in [5, 5.41) is 0. The van der Waals surface area contributed by atoms with Crippen molar-refractivity contribution >= 4 is 54.2 Å². The Morgan fingerprint density at radius 3 is 0.744 bits per heavy atom. The summed E-state index contributed by atoms with van der Waals surface area (Å²) in [6.07, 6.45) is 0. The second kappa shape index (κ2) is 13.3. The van der Waals surface area contributed by atoms with E-state index < -0.39 is 28.1 Å². The van der Waals surface area contributed by atoms with E-state index in [1.807, 2.05) is 91.0 Å². The topological polar surface area (TPSA) is 17.1 Å². The molecule has 0 saturated heterocycles. The van der Waals surface area contributed by atoms with Crippen LogP contribution in [0.5, 0.6) is 0 Å². The van der Waals surface area contributed by atoms with Crippen molar-refractivity contribution < 1.29 is 3.74 Å². The Morgan fingerprint density at radius 2 is 0.513 bits per heavy atom. The Morgan fingerprint density at radius 1 is 0.308 bits per heavy atom. The van der Waals surface area contributed by atoms with Gasteiger partial charge in [0.05, 0.1) is 0 Å². The molecule has 0 saturated carbocycles. The molecule has 0 spiro atoms. The van der Waals surface area contributed by atoms with Crippen LogP contribution in [0.25, 0.3) is 0 Å². The molecule has 0 atom stereocenters. The molecular weight excluding hydrogens is 598 g/mol. The van der Waals surface area contributed by atoms with Gasteiger partial charge in [-0.05, 0) is 0 Å². The molecule has 39 heavy (non-hydrogen) atoms. The van der Waals surface area contributed by atoms with Gasteiger partial charge in [0.2, 0.25) is 0 Å². The van der Waals surface area contributed by atoms with Crippen molar-refractivity contribution in [2.45, 2.75) is 0 Å². The number of rotatable bonds is 6. The van der Waals surface area contributed by atoms with Gasteiger partial charge in [0.25, 0.3) is 0 Å². The van der Waals surface area contributed by atoms with E-state index in [2.05, 4.69) is 91.0 Å². The van der Waals surface area contributed by atoms with Gasteiger partial charge in [-0.15, -0.1) is 0 Å². The zero-order valence-corrected chi connectivity index (χ0v) is 25.4. The van der Waals surface area contributed by atoms with Crippen LogP contribution in [0.2, 0.25) is 0 Å². The number of benzene rings is 6. The van der Waals surface area contributed by atoms with Crippen molar-refractivity contribution in [2.75, 3.05) is 0 Å². The maximum atomic E-state index is 13.9. The van der Waals surface area contributed by atoms with E-state index in [0.717, 1.165) is 13.1 Å². The summed E-state index contributed by atoms with van der Waals surface area (Å²) in [5.74, 6) is 0. The molecule has 0 radical (unpaired) electrons. The minimum atomic E-state index is -3.54. The van der Waals surface area contributed by atoms with Crippen LogP contribution in [-0.4, -0.2) is 28.1 Å². The van der Waals surface area contributed by atoms with E-state index in [-0.39, 0.29) is 0 Å². The maximum absolute atomic E-state index is 13.9. The van der Waals surface area contributed by atoms with Gasteiger partial charge in [0.15, 0.2) is 0 Å². The van der Waals surface area contributed by atoms with Gasteiger partial charge in [0.1, 0.15) is 0 Å². The van der Waals surface area contributed by atoms with Gasteiger partial charge in [0, 0.05) is 0 Å². The molecule has 0 bridgehead atoms. The molecular formula is C36H30As2O. The van der Waals surface area contributed by atoms with Crippen LogP contribution in [0, 0.1) is 0 Å². The summed E-state index contributed by atoms with van der Waals surface area (Å²) in [5.41, 5.74) is 0. The predicted molar refractivity (Wildman–Crippen MR) is 169 cm³/mol. The molecule has 0 heterocycles. The average molecular weight is 628 g/mol. The van der Waals surface area contributed by atoms with Crippen LogP contribution in [-0.2, 0) is 3.74 Å². The molecule has 0 aliphatic heterocycles. The van der Waals surface area contributed by atoms with Crippen LogP contribution in [0.4, 0.5) is 0 Å². The summed E-state index contributed by atoms with van der Waals surface area (Å²) in [6, 6.07) is 62.1. The van der Waals surface area contributed by atoms with Gasteiger partial charge in [-0.25, -0.2) is 0 Å². The van der Waals surface area contributed by atoms with Gasteiger partial charge in [-0.1, -0.05) is 0 Å². The van der Waals surface area contributed by atoms with Gasteiger partial charge >= 0.3 is 240 Å². The van der Waals surface area contributed by atoms with Gasteiger partial charge in [-0.2, -0.15) is 0 Å². The zero-order valence-electron chi connectivity index (χ0n) is 21.6. The zero-order chi connectivity index (χ0) is 26.8. The van der Waals surface area contributed by atoms with E-state index >= 15 is 0 Å². The molecule has 6 rings (SSSR count). The van der Waals surface area contributed by atoms with Crippen molar-refractivity contribution in [3.8, 4) is 0 Å². The Balaban J connectivity index is 0.000000158. The van der Waals surface area contributed by atoms with E-state index in [1.54, 1.807) is 0 Å². The van der Waals surface area contributed by atoms with Crippen molar-refractivity contribution in [1.29, 1.82) is 0 Å². The average Bonchev–Trinajstić information content (AvgIpc) is 3.04. The summed E-state index contributed by atoms with van der Waals surface area (Å²) < 4.78 is 21.1. The van der Waals surface area contributed by atoms with Crippen LogP contribution in [0.15, 0.2) is 182 Å². The second-order valence-electron chi connectivity index (χ2n) is 8.96. The molecule has 6 aromatic rings. The number of hydrogen-bond acceptors (Lipinski definition) is 1. The molecule has 0 unspecified atom stereocenters. The fourth-order valence-electron chi connectivity index (χ4n) is 4.54. The van der Waals surface area contributed by atoms with Crippen molar-refractivity contribution in [3.05, 3.63) is 182 Å². The van der Waals surface area contributed by atoms with Crippen molar-refractivity contribution in [1.82, 2.24) is 0 Å². The molecule has 0 amide bonds. The fraction of sp³-hybridized carbons (Fsp3) is 0. The van der Waals surface area contributed by atoms with Gasteiger partial charge < -0.3 is 0 Å². The Kier molecular flexibility index (Phi) is 9.18. The molecule has 0 aliphatic carbocycles. The first-order chi connectivity index (χ1) is 19.3. The normalized spacial score (nSPS) is 10.9. The Bertz CT molecular complexity index is 1390. The molecule has 190 valence electrons. The SMILES string of the molecule is O=[As](c1ccccc1)(c1ccccc1)c1ccccc1.c1ccc([As](c2ccccc2)c2ccccc2)cc1. The number of hydrogen-bond donors (Lipinski definition) is 0. The summed E-state index contributed by atoms with van der Waals surface area (Å²) in [7, 11) is 0. The monoisotopic (exact) mass is 628 g/mol. The van der Waals surface area contributed by atoms with Crippen LogP contribution >= 0.6 is 0 Å². The standard InChI is InChI=1S/C18H15AsO.C18H15As/c20-19(16-10-4-1-5-11-16,17-12-6-2-7-13-17)18-14-8-3-9-15-18;1-4-10-16(11-5-1)19(17-12-6-2-7-13-17)18-14-8-3-9-15-18/h1-15H;1-15H. The predicted octanol–water partition coefficient (Wildman–Crippen LogP) is 4.29. The second-order valence-corrected chi connectivity index (χ2v) is 19.4. The van der Waals surface area contributed by atoms with Crippen molar-refractivity contribution in [2.24, 2.45) is 0 Å². The summed E-state index contributed by atoms with van der Waals surface area (Å²) in [4.78, 5) is 0. The quantitative estimate of drug-likeness (QED) is 0.252. The molecule has 0 aliphatic rings. The van der Waals surface area contributed by atoms with Gasteiger partial charge in [-0.3, -0.25) is 0 Å². The first-order valence-corrected chi connectivity index (χ1v) is 19.4. The third-order valence-corrected chi connectivity index (χ3v) is 18.0. The molecule has 0 fully saturated rings. The fourth-order valence-corrected chi connectivity index (χ4v) is 15.0. The van der Waals surface area contributed by atoms with E-state index in [4.69, 9.17) is 0 Å². The van der Waals surface area contributed by atoms with E-state index in [0.29, 0.717) is 0 Å². The Hall–Kier alpha value is -3.76. The first-order valence-electron chi connectivity index (χ1n) is 13.0. The summed E-state index contributed by atoms with van der Waals surface area (Å²) in [6.45, 7) is 0. The molecule has 0 N–H and O–H groups in total. The van der Waals surface area contributed by atoms with Crippen molar-refractivity contribution in [3.63, 3.8) is 0 Å². The van der Waals surface area contributed by atoms with Crippen LogP contribution in [0.3, 0.4) is 0 Å². The third kappa shape index (κ3) is 6.46. The van der Waals surface area contributed by atoms with E-state index in [9.17, 15) is 3.74 Å². The van der Waals surface area contributed by atoms with Crippen LogP contribution < -0.4 is 26.1 Å². The first kappa shape index (κ1) is 26.8. The van der Waals surface area contributed by atoms with E-state index in [1.165, 1.54) is 13.1 Å². The molecule has 3 heteroatoms. The minimum absolute atomic E-state index is 0.933. The molecule has 0 aromatic heterocycles. The summed E-state index contributed by atoms with van der Waals surface area (Å²) >= 11 is -4.93. The molecule has 6 aromatic carbocycles. The van der Waals surface area contributed by atoms with Crippen LogP contribution in [0.1, 0.15) is 0 Å².